The average Bonchev–Trinajstić information content (AvgIpc) is 2.70. The SMILES string of the molecule is NCc1cccc2[nH]cc(CNC3CCC3)c12. The normalized spacial score (nSPS) is 16.3. The van der Waals surface area contributed by atoms with Crippen LogP contribution < -0.4 is 11.1 Å². The lowest BCUT2D eigenvalue weighted by atomic mass is 9.93. The predicted molar refractivity (Wildman–Crippen MR) is 70.7 cm³/mol. The molecule has 0 atom stereocenters. The predicted octanol–water partition coefficient (Wildman–Crippen LogP) is 2.27. The Balaban J connectivity index is 1.87. The third kappa shape index (κ3) is 1.96. The quantitative estimate of drug-likeness (QED) is 0.753. The van der Waals surface area contributed by atoms with E-state index in [9.17, 15) is 0 Å². The highest BCUT2D eigenvalue weighted by Gasteiger charge is 2.17. The Bertz CT molecular complexity index is 511. The first-order valence-corrected chi connectivity index (χ1v) is 6.40. The van der Waals surface area contributed by atoms with Crippen LogP contribution in [0.5, 0.6) is 0 Å². The van der Waals surface area contributed by atoms with Gasteiger partial charge >= 0.3 is 0 Å². The number of nitrogens with one attached hydrogen (secondary N) is 2. The Labute approximate surface area is 101 Å². The standard InChI is InChI=1S/C14H19N3/c15-7-10-3-1-6-13-14(10)11(9-17-13)8-16-12-4-2-5-12/h1,3,6,9,12,16-17H,2,4-5,7-8,15H2. The Kier molecular flexibility index (Phi) is 2.87. The molecule has 90 valence electrons. The zero-order chi connectivity index (χ0) is 11.7. The van der Waals surface area contributed by atoms with Crippen LogP contribution in [-0.4, -0.2) is 11.0 Å². The van der Waals surface area contributed by atoms with E-state index >= 15 is 0 Å². The van der Waals surface area contributed by atoms with Gasteiger partial charge in [0, 0.05) is 36.2 Å². The molecule has 3 nitrogen and oxygen atoms in total. The van der Waals surface area contributed by atoms with Crippen molar-refractivity contribution in [1.29, 1.82) is 0 Å². The third-order valence-corrected chi connectivity index (χ3v) is 3.78. The molecule has 0 radical (unpaired) electrons. The topological polar surface area (TPSA) is 53.8 Å². The number of hydrogen-bond acceptors (Lipinski definition) is 2. The first-order valence-electron chi connectivity index (χ1n) is 6.40. The van der Waals surface area contributed by atoms with Gasteiger partial charge < -0.3 is 16.0 Å². The molecule has 1 saturated carbocycles. The summed E-state index contributed by atoms with van der Waals surface area (Å²) in [6, 6.07) is 7.01. The Morgan fingerprint density at radius 1 is 1.29 bits per heavy atom. The molecule has 1 heterocycles. The van der Waals surface area contributed by atoms with Crippen LogP contribution in [0, 0.1) is 0 Å². The highest BCUT2D eigenvalue weighted by atomic mass is 14.9. The minimum absolute atomic E-state index is 0.603. The zero-order valence-corrected chi connectivity index (χ0v) is 10.00. The highest BCUT2D eigenvalue weighted by molar-refractivity contribution is 5.86. The van der Waals surface area contributed by atoms with Crippen molar-refractivity contribution in [2.24, 2.45) is 5.73 Å². The number of aromatic amines is 1. The summed E-state index contributed by atoms with van der Waals surface area (Å²) in [7, 11) is 0. The van der Waals surface area contributed by atoms with Crippen LogP contribution in [0.25, 0.3) is 10.9 Å². The van der Waals surface area contributed by atoms with Crippen molar-refractivity contribution in [2.45, 2.75) is 38.4 Å². The van der Waals surface area contributed by atoms with Gasteiger partial charge in [0.25, 0.3) is 0 Å². The van der Waals surface area contributed by atoms with E-state index < -0.39 is 0 Å². The maximum absolute atomic E-state index is 5.80. The Morgan fingerprint density at radius 3 is 2.88 bits per heavy atom. The first-order chi connectivity index (χ1) is 8.38. The van der Waals surface area contributed by atoms with Gasteiger partial charge in [-0.2, -0.15) is 0 Å². The molecule has 1 fully saturated rings. The molecule has 0 unspecified atom stereocenters. The number of H-pyrrole nitrogens is 1. The second-order valence-electron chi connectivity index (χ2n) is 4.87. The zero-order valence-electron chi connectivity index (χ0n) is 10.00. The number of rotatable bonds is 4. The van der Waals surface area contributed by atoms with Crippen LogP contribution in [-0.2, 0) is 13.1 Å². The van der Waals surface area contributed by atoms with Gasteiger partial charge in [-0.15, -0.1) is 0 Å². The van der Waals surface area contributed by atoms with Gasteiger partial charge in [-0.05, 0) is 30.0 Å². The Morgan fingerprint density at radius 2 is 2.18 bits per heavy atom. The molecule has 3 rings (SSSR count). The molecule has 17 heavy (non-hydrogen) atoms. The lowest BCUT2D eigenvalue weighted by Gasteiger charge is -2.26. The van der Waals surface area contributed by atoms with Gasteiger partial charge in [-0.25, -0.2) is 0 Å². The van der Waals surface area contributed by atoms with Crippen LogP contribution in [0.15, 0.2) is 24.4 Å². The summed E-state index contributed by atoms with van der Waals surface area (Å²) in [5.41, 5.74) is 9.57. The monoisotopic (exact) mass is 229 g/mol. The average molecular weight is 229 g/mol. The van der Waals surface area contributed by atoms with E-state index in [1.807, 2.05) is 0 Å². The molecule has 0 spiro atoms. The van der Waals surface area contributed by atoms with Crippen molar-refractivity contribution in [3.8, 4) is 0 Å². The van der Waals surface area contributed by atoms with Gasteiger partial charge in [0.05, 0.1) is 0 Å². The molecule has 2 aromatic rings. The summed E-state index contributed by atoms with van der Waals surface area (Å²) in [6.07, 6.45) is 6.13. The van der Waals surface area contributed by atoms with E-state index in [0.29, 0.717) is 6.54 Å². The first kappa shape index (κ1) is 10.8. The molecule has 1 aromatic carbocycles. The number of aromatic nitrogens is 1. The molecule has 0 amide bonds. The molecule has 0 bridgehead atoms. The van der Waals surface area contributed by atoms with Crippen LogP contribution >= 0.6 is 0 Å². The van der Waals surface area contributed by atoms with E-state index in [2.05, 4.69) is 34.7 Å². The maximum atomic E-state index is 5.80. The number of nitrogens with two attached hydrogens (primary N) is 1. The number of hydrogen-bond donors (Lipinski definition) is 3. The summed E-state index contributed by atoms with van der Waals surface area (Å²) >= 11 is 0. The molecule has 0 aliphatic heterocycles. The molecule has 1 aliphatic carbocycles. The van der Waals surface area contributed by atoms with Crippen LogP contribution in [0.4, 0.5) is 0 Å². The minimum Gasteiger partial charge on any atom is -0.361 e. The molecule has 4 N–H and O–H groups in total. The molecule has 3 heteroatoms. The lowest BCUT2D eigenvalue weighted by Crippen LogP contribution is -2.34. The second-order valence-corrected chi connectivity index (χ2v) is 4.87. The molecular formula is C14H19N3. The summed E-state index contributed by atoms with van der Waals surface area (Å²) in [6.45, 7) is 1.55. The van der Waals surface area contributed by atoms with E-state index in [0.717, 1.165) is 12.6 Å². The largest absolute Gasteiger partial charge is 0.361 e. The highest BCUT2D eigenvalue weighted by Crippen LogP contribution is 2.24. The Hall–Kier alpha value is -1.32. The summed E-state index contributed by atoms with van der Waals surface area (Å²) in [5.74, 6) is 0. The molecule has 0 saturated heterocycles. The molecule has 1 aromatic heterocycles. The summed E-state index contributed by atoms with van der Waals surface area (Å²) in [5, 5.41) is 4.91. The van der Waals surface area contributed by atoms with Crippen molar-refractivity contribution < 1.29 is 0 Å². The smallest absolute Gasteiger partial charge is 0.0460 e. The van der Waals surface area contributed by atoms with Crippen molar-refractivity contribution in [3.63, 3.8) is 0 Å². The van der Waals surface area contributed by atoms with Crippen molar-refractivity contribution >= 4 is 10.9 Å². The second kappa shape index (κ2) is 4.51. The van der Waals surface area contributed by atoms with E-state index in [1.54, 1.807) is 0 Å². The van der Waals surface area contributed by atoms with E-state index in [4.69, 9.17) is 5.73 Å². The fraction of sp³-hybridized carbons (Fsp3) is 0.429. The third-order valence-electron chi connectivity index (χ3n) is 3.78. The van der Waals surface area contributed by atoms with Crippen LogP contribution in [0.2, 0.25) is 0 Å². The van der Waals surface area contributed by atoms with Crippen molar-refractivity contribution in [3.05, 3.63) is 35.5 Å². The lowest BCUT2D eigenvalue weighted by molar-refractivity contribution is 0.338. The van der Waals surface area contributed by atoms with Crippen molar-refractivity contribution in [2.75, 3.05) is 0 Å². The molecular weight excluding hydrogens is 210 g/mol. The van der Waals surface area contributed by atoms with Crippen LogP contribution in [0.3, 0.4) is 0 Å². The number of fused-ring (bicyclic) bond motifs is 1. The maximum Gasteiger partial charge on any atom is 0.0460 e. The van der Waals surface area contributed by atoms with Crippen LogP contribution in [0.1, 0.15) is 30.4 Å². The summed E-state index contributed by atoms with van der Waals surface area (Å²) < 4.78 is 0. The summed E-state index contributed by atoms with van der Waals surface area (Å²) in [4.78, 5) is 3.33. The van der Waals surface area contributed by atoms with Crippen molar-refractivity contribution in [1.82, 2.24) is 10.3 Å². The van der Waals surface area contributed by atoms with E-state index in [1.165, 1.54) is 41.3 Å². The molecule has 1 aliphatic rings. The fourth-order valence-corrected chi connectivity index (χ4v) is 2.51. The van der Waals surface area contributed by atoms with E-state index in [-0.39, 0.29) is 0 Å². The number of benzene rings is 1. The fourth-order valence-electron chi connectivity index (χ4n) is 2.51. The van der Waals surface area contributed by atoms with Gasteiger partial charge in [0.2, 0.25) is 0 Å². The van der Waals surface area contributed by atoms with Gasteiger partial charge in [0.15, 0.2) is 0 Å². The van der Waals surface area contributed by atoms with Gasteiger partial charge in [-0.1, -0.05) is 18.6 Å². The van der Waals surface area contributed by atoms with Gasteiger partial charge in [0.1, 0.15) is 0 Å². The van der Waals surface area contributed by atoms with Gasteiger partial charge in [-0.3, -0.25) is 0 Å². The minimum atomic E-state index is 0.603.